The Morgan fingerprint density at radius 3 is 2.06 bits per heavy atom. The van der Waals surface area contributed by atoms with E-state index in [0.29, 0.717) is 19.6 Å². The van der Waals surface area contributed by atoms with Crippen LogP contribution < -0.4 is 10.5 Å². The summed E-state index contributed by atoms with van der Waals surface area (Å²) in [5, 5.41) is 0. The predicted octanol–water partition coefficient (Wildman–Crippen LogP) is 1.07. The molecule has 1 aliphatic rings. The van der Waals surface area contributed by atoms with Gasteiger partial charge in [0.1, 0.15) is 0 Å². The Hall–Kier alpha value is -0.170. The summed E-state index contributed by atoms with van der Waals surface area (Å²) in [6, 6.07) is -0.231. The van der Waals surface area contributed by atoms with Crippen molar-refractivity contribution in [3.8, 4) is 0 Å². The molecule has 0 aromatic rings. The Morgan fingerprint density at radius 1 is 1.17 bits per heavy atom. The molecule has 18 heavy (non-hydrogen) atoms. The standard InChI is InChI=1S/C12H27N3O2S/c1-12(2,3)11(10-13)14-18(16,17)15-8-6-4-5-7-9-15/h11,14H,4-10,13H2,1-3H3. The average Bonchev–Trinajstić information content (AvgIpc) is 2.53. The third-order valence-corrected chi connectivity index (χ3v) is 5.10. The fraction of sp³-hybridized carbons (Fsp3) is 1.00. The number of nitrogens with zero attached hydrogens (tertiary/aromatic N) is 1. The third kappa shape index (κ3) is 4.50. The van der Waals surface area contributed by atoms with E-state index in [2.05, 4.69) is 4.72 Å². The molecule has 3 N–H and O–H groups in total. The van der Waals surface area contributed by atoms with E-state index in [1.807, 2.05) is 20.8 Å². The minimum absolute atomic E-state index is 0.173. The van der Waals surface area contributed by atoms with E-state index in [1.165, 1.54) is 0 Å². The second-order valence-corrected chi connectivity index (χ2v) is 7.79. The summed E-state index contributed by atoms with van der Waals surface area (Å²) in [6.45, 7) is 7.55. The molecule has 1 atom stereocenters. The quantitative estimate of drug-likeness (QED) is 0.807. The van der Waals surface area contributed by atoms with Crippen LogP contribution in [0.3, 0.4) is 0 Å². The van der Waals surface area contributed by atoms with E-state index < -0.39 is 10.2 Å². The van der Waals surface area contributed by atoms with Crippen LogP contribution in [0.2, 0.25) is 0 Å². The smallest absolute Gasteiger partial charge is 0.279 e. The van der Waals surface area contributed by atoms with Crippen LogP contribution in [0.4, 0.5) is 0 Å². The van der Waals surface area contributed by atoms with E-state index in [9.17, 15) is 8.42 Å². The molecule has 1 unspecified atom stereocenters. The lowest BCUT2D eigenvalue weighted by Crippen LogP contribution is -2.53. The van der Waals surface area contributed by atoms with Crippen molar-refractivity contribution in [2.24, 2.45) is 11.1 Å². The summed E-state index contributed by atoms with van der Waals surface area (Å²) in [6.07, 6.45) is 4.13. The molecule has 0 saturated carbocycles. The van der Waals surface area contributed by atoms with Crippen LogP contribution in [-0.4, -0.2) is 38.4 Å². The van der Waals surface area contributed by atoms with Crippen molar-refractivity contribution in [2.45, 2.75) is 52.5 Å². The molecular weight excluding hydrogens is 250 g/mol. The normalized spacial score (nSPS) is 21.6. The highest BCUT2D eigenvalue weighted by Gasteiger charge is 2.31. The van der Waals surface area contributed by atoms with Crippen LogP contribution in [0.1, 0.15) is 46.5 Å². The first kappa shape index (κ1) is 15.9. The Labute approximate surface area is 111 Å². The highest BCUT2D eigenvalue weighted by molar-refractivity contribution is 7.87. The molecule has 1 fully saturated rings. The topological polar surface area (TPSA) is 75.4 Å². The molecule has 0 radical (unpaired) electrons. The summed E-state index contributed by atoms with van der Waals surface area (Å²) in [5.41, 5.74) is 5.51. The van der Waals surface area contributed by atoms with Crippen molar-refractivity contribution in [3.05, 3.63) is 0 Å². The first-order valence-electron chi connectivity index (χ1n) is 6.75. The third-order valence-electron chi connectivity index (χ3n) is 3.48. The summed E-state index contributed by atoms with van der Waals surface area (Å²) in [7, 11) is -3.40. The van der Waals surface area contributed by atoms with E-state index in [0.717, 1.165) is 25.7 Å². The number of hydrogen-bond acceptors (Lipinski definition) is 3. The molecule has 1 rings (SSSR count). The van der Waals surface area contributed by atoms with Crippen LogP contribution >= 0.6 is 0 Å². The zero-order valence-corrected chi connectivity index (χ0v) is 12.6. The molecule has 1 aliphatic heterocycles. The van der Waals surface area contributed by atoms with Gasteiger partial charge in [-0.25, -0.2) is 0 Å². The molecule has 0 aromatic carbocycles. The van der Waals surface area contributed by atoms with Gasteiger partial charge in [0.25, 0.3) is 10.2 Å². The first-order valence-corrected chi connectivity index (χ1v) is 8.19. The Bertz CT molecular complexity index is 341. The second-order valence-electron chi connectivity index (χ2n) is 6.09. The van der Waals surface area contributed by atoms with Gasteiger partial charge in [-0.3, -0.25) is 0 Å². The van der Waals surface area contributed by atoms with Gasteiger partial charge in [0, 0.05) is 25.7 Å². The Morgan fingerprint density at radius 2 is 1.67 bits per heavy atom. The Kier molecular flexibility index (Phi) is 5.58. The van der Waals surface area contributed by atoms with Gasteiger partial charge in [0.05, 0.1) is 0 Å². The minimum Gasteiger partial charge on any atom is -0.329 e. The van der Waals surface area contributed by atoms with Crippen molar-refractivity contribution in [1.82, 2.24) is 9.03 Å². The van der Waals surface area contributed by atoms with Crippen LogP contribution in [0, 0.1) is 5.41 Å². The van der Waals surface area contributed by atoms with Crippen molar-refractivity contribution >= 4 is 10.2 Å². The van der Waals surface area contributed by atoms with Gasteiger partial charge in [-0.2, -0.15) is 17.4 Å². The molecule has 0 spiro atoms. The fourth-order valence-electron chi connectivity index (χ4n) is 2.11. The highest BCUT2D eigenvalue weighted by Crippen LogP contribution is 2.20. The number of hydrogen-bond donors (Lipinski definition) is 2. The van der Waals surface area contributed by atoms with Crippen LogP contribution in [-0.2, 0) is 10.2 Å². The van der Waals surface area contributed by atoms with Gasteiger partial charge in [0.15, 0.2) is 0 Å². The zero-order chi connectivity index (χ0) is 13.8. The van der Waals surface area contributed by atoms with Crippen molar-refractivity contribution in [1.29, 1.82) is 0 Å². The average molecular weight is 277 g/mol. The van der Waals surface area contributed by atoms with E-state index in [4.69, 9.17) is 5.73 Å². The monoisotopic (exact) mass is 277 g/mol. The predicted molar refractivity (Wildman–Crippen MR) is 74.4 cm³/mol. The fourth-order valence-corrected chi connectivity index (χ4v) is 3.81. The summed E-state index contributed by atoms with van der Waals surface area (Å²) >= 11 is 0. The first-order chi connectivity index (χ1) is 8.27. The van der Waals surface area contributed by atoms with Gasteiger partial charge in [-0.05, 0) is 18.3 Å². The van der Waals surface area contributed by atoms with Gasteiger partial charge < -0.3 is 5.73 Å². The van der Waals surface area contributed by atoms with Gasteiger partial charge >= 0.3 is 0 Å². The molecule has 1 saturated heterocycles. The Balaban J connectivity index is 2.73. The van der Waals surface area contributed by atoms with Crippen molar-refractivity contribution in [3.63, 3.8) is 0 Å². The lowest BCUT2D eigenvalue weighted by Gasteiger charge is -2.32. The number of nitrogens with two attached hydrogens (primary N) is 1. The van der Waals surface area contributed by atoms with Crippen LogP contribution in [0.25, 0.3) is 0 Å². The molecule has 0 amide bonds. The lowest BCUT2D eigenvalue weighted by molar-refractivity contribution is 0.295. The maximum atomic E-state index is 12.3. The van der Waals surface area contributed by atoms with E-state index in [-0.39, 0.29) is 11.5 Å². The van der Waals surface area contributed by atoms with E-state index in [1.54, 1.807) is 4.31 Å². The van der Waals surface area contributed by atoms with Gasteiger partial charge in [-0.15, -0.1) is 0 Å². The minimum atomic E-state index is -3.40. The van der Waals surface area contributed by atoms with E-state index >= 15 is 0 Å². The molecule has 0 bridgehead atoms. The molecular formula is C12H27N3O2S. The number of rotatable bonds is 4. The SMILES string of the molecule is CC(C)(C)C(CN)NS(=O)(=O)N1CCCCCC1. The molecule has 6 heteroatoms. The largest absolute Gasteiger partial charge is 0.329 e. The molecule has 5 nitrogen and oxygen atoms in total. The molecule has 0 aromatic heterocycles. The summed E-state index contributed by atoms with van der Waals surface area (Å²) < 4.78 is 28.9. The lowest BCUT2D eigenvalue weighted by atomic mass is 9.88. The summed E-state index contributed by atoms with van der Waals surface area (Å²) in [5.74, 6) is 0. The van der Waals surface area contributed by atoms with Crippen molar-refractivity contribution < 1.29 is 8.42 Å². The van der Waals surface area contributed by atoms with Gasteiger partial charge in [-0.1, -0.05) is 33.6 Å². The maximum absolute atomic E-state index is 12.3. The maximum Gasteiger partial charge on any atom is 0.279 e. The number of nitrogens with one attached hydrogen (secondary N) is 1. The van der Waals surface area contributed by atoms with Crippen molar-refractivity contribution in [2.75, 3.05) is 19.6 Å². The van der Waals surface area contributed by atoms with Crippen LogP contribution in [0.15, 0.2) is 0 Å². The molecule has 0 aliphatic carbocycles. The summed E-state index contributed by atoms with van der Waals surface area (Å²) in [4.78, 5) is 0. The molecule has 108 valence electrons. The van der Waals surface area contributed by atoms with Crippen LogP contribution in [0.5, 0.6) is 0 Å². The zero-order valence-electron chi connectivity index (χ0n) is 11.8. The second kappa shape index (κ2) is 6.32. The van der Waals surface area contributed by atoms with Gasteiger partial charge in [0.2, 0.25) is 0 Å². The highest BCUT2D eigenvalue weighted by atomic mass is 32.2. The molecule has 1 heterocycles.